The van der Waals surface area contributed by atoms with Crippen molar-refractivity contribution in [2.75, 3.05) is 0 Å². The van der Waals surface area contributed by atoms with Crippen molar-refractivity contribution >= 4 is 66.3 Å². The molecule has 0 atom stereocenters. The third-order valence-corrected chi connectivity index (χ3v) is 4.96. The van der Waals surface area contributed by atoms with Crippen molar-refractivity contribution in [3.63, 3.8) is 0 Å². The first-order valence-corrected chi connectivity index (χ1v) is 6.82. The van der Waals surface area contributed by atoms with Crippen LogP contribution >= 0.6 is 44.6 Å². The van der Waals surface area contributed by atoms with Gasteiger partial charge in [0.05, 0.1) is 2.88 Å². The highest BCUT2D eigenvalue weighted by atomic mass is 127. The van der Waals surface area contributed by atoms with Gasteiger partial charge in [-0.2, -0.15) is 0 Å². The Labute approximate surface area is 87.9 Å². The summed E-state index contributed by atoms with van der Waals surface area (Å²) in [6.07, 6.45) is 0. The first kappa shape index (κ1) is 9.82. The van der Waals surface area contributed by atoms with Gasteiger partial charge in [0, 0.05) is 10.7 Å². The van der Waals surface area contributed by atoms with Gasteiger partial charge in [-0.05, 0) is 33.4 Å². The minimum Gasteiger partial charge on any atom is -0.207 e. The maximum atomic E-state index is 10.8. The van der Waals surface area contributed by atoms with Gasteiger partial charge in [-0.3, -0.25) is 0 Å². The van der Waals surface area contributed by atoms with Crippen LogP contribution in [0.5, 0.6) is 0 Å². The van der Waals surface area contributed by atoms with E-state index in [0.29, 0.717) is 0 Å². The maximum Gasteiger partial charge on any atom is 0.263 e. The lowest BCUT2D eigenvalue weighted by Gasteiger charge is -1.88. The van der Waals surface area contributed by atoms with E-state index >= 15 is 0 Å². The van der Waals surface area contributed by atoms with Gasteiger partial charge in [0.2, 0.25) is 0 Å². The molecule has 0 aliphatic rings. The van der Waals surface area contributed by atoms with Crippen LogP contribution in [-0.2, 0) is 9.05 Å². The Balaban J connectivity index is 3.36. The second-order valence-corrected chi connectivity index (χ2v) is 7.53. The summed E-state index contributed by atoms with van der Waals surface area (Å²) in [5.41, 5.74) is 0. The van der Waals surface area contributed by atoms with Gasteiger partial charge in [-0.15, -0.1) is 11.3 Å². The van der Waals surface area contributed by atoms with E-state index in [-0.39, 0.29) is 4.90 Å². The quantitative estimate of drug-likeness (QED) is 0.430. The Morgan fingerprint density at radius 3 is 2.36 bits per heavy atom. The molecule has 0 unspecified atom stereocenters. The Hall–Kier alpha value is 0.735. The molecule has 0 radical (unpaired) electrons. The third kappa shape index (κ3) is 2.33. The molecule has 2 nitrogen and oxygen atoms in total. The molecule has 11 heavy (non-hydrogen) atoms. The SMILES string of the molecule is Bc1cc(S(=O)(=O)Cl)c(I)s1. The van der Waals surface area contributed by atoms with Crippen LogP contribution in [0.4, 0.5) is 0 Å². The lowest BCUT2D eigenvalue weighted by Crippen LogP contribution is -1.93. The van der Waals surface area contributed by atoms with Crippen molar-refractivity contribution in [2.24, 2.45) is 0 Å². The molecular formula is C4H3BClIO2S2. The number of hydrogen-bond acceptors (Lipinski definition) is 3. The summed E-state index contributed by atoms with van der Waals surface area (Å²) in [5, 5.41) is 0. The van der Waals surface area contributed by atoms with Gasteiger partial charge in [-0.1, -0.05) is 0 Å². The molecular weight excluding hydrogens is 317 g/mol. The summed E-state index contributed by atoms with van der Waals surface area (Å²) in [5.74, 6) is 0. The largest absolute Gasteiger partial charge is 0.263 e. The Bertz CT molecular complexity index is 371. The second kappa shape index (κ2) is 3.23. The summed E-state index contributed by atoms with van der Waals surface area (Å²) in [6.45, 7) is 0. The monoisotopic (exact) mass is 320 g/mol. The Morgan fingerprint density at radius 2 is 2.18 bits per heavy atom. The standard InChI is InChI=1S/C4H3BClIO2S2/c5-3-1-2(4(7)10-3)11(6,8)9/h1H,5H2. The highest BCUT2D eigenvalue weighted by molar-refractivity contribution is 14.1. The molecule has 60 valence electrons. The lowest BCUT2D eigenvalue weighted by molar-refractivity contribution is 0.609. The lowest BCUT2D eigenvalue weighted by atomic mass is 10.1. The average Bonchev–Trinajstić information content (AvgIpc) is 2.08. The first-order valence-electron chi connectivity index (χ1n) is 2.62. The van der Waals surface area contributed by atoms with Gasteiger partial charge in [0.15, 0.2) is 7.85 Å². The molecule has 0 aliphatic heterocycles. The van der Waals surface area contributed by atoms with Crippen LogP contribution in [0.2, 0.25) is 0 Å². The normalized spacial score (nSPS) is 11.8. The zero-order valence-corrected chi connectivity index (χ0v) is 10.0. The summed E-state index contributed by atoms with van der Waals surface area (Å²) in [4.78, 5) is 0.224. The van der Waals surface area contributed by atoms with E-state index in [0.717, 1.165) is 7.66 Å². The fourth-order valence-corrected chi connectivity index (χ4v) is 5.25. The van der Waals surface area contributed by atoms with Crippen LogP contribution in [0, 0.1) is 2.88 Å². The Morgan fingerprint density at radius 1 is 1.64 bits per heavy atom. The molecule has 7 heteroatoms. The van der Waals surface area contributed by atoms with Gasteiger partial charge in [-0.25, -0.2) is 8.42 Å². The van der Waals surface area contributed by atoms with Crippen LogP contribution in [0.3, 0.4) is 0 Å². The number of thiophene rings is 1. The minimum absolute atomic E-state index is 0.224. The van der Waals surface area contributed by atoms with E-state index in [2.05, 4.69) is 0 Å². The highest BCUT2D eigenvalue weighted by Gasteiger charge is 2.16. The maximum absolute atomic E-state index is 10.8. The van der Waals surface area contributed by atoms with Gasteiger partial charge in [0.25, 0.3) is 9.05 Å². The van der Waals surface area contributed by atoms with Crippen LogP contribution in [0.1, 0.15) is 0 Å². The van der Waals surface area contributed by atoms with Crippen LogP contribution in [0.25, 0.3) is 0 Å². The predicted octanol–water partition coefficient (Wildman–Crippen LogP) is 0.539. The molecule has 0 saturated heterocycles. The van der Waals surface area contributed by atoms with E-state index in [9.17, 15) is 8.42 Å². The van der Waals surface area contributed by atoms with Crippen molar-refractivity contribution in [1.29, 1.82) is 0 Å². The van der Waals surface area contributed by atoms with Crippen molar-refractivity contribution in [3.05, 3.63) is 8.95 Å². The summed E-state index contributed by atoms with van der Waals surface area (Å²) in [7, 11) is 3.46. The number of hydrogen-bond donors (Lipinski definition) is 0. The fraction of sp³-hybridized carbons (Fsp3) is 0. The molecule has 1 aromatic heterocycles. The van der Waals surface area contributed by atoms with Crippen LogP contribution < -0.4 is 4.78 Å². The molecule has 0 N–H and O–H groups in total. The van der Waals surface area contributed by atoms with Crippen LogP contribution in [-0.4, -0.2) is 16.3 Å². The molecule has 0 amide bonds. The zero-order chi connectivity index (χ0) is 8.65. The molecule has 0 spiro atoms. The van der Waals surface area contributed by atoms with E-state index in [1.165, 1.54) is 11.3 Å². The molecule has 0 saturated carbocycles. The molecule has 1 heterocycles. The topological polar surface area (TPSA) is 34.1 Å². The number of halogens is 2. The molecule has 0 fully saturated rings. The fourth-order valence-electron chi connectivity index (χ4n) is 0.629. The van der Waals surface area contributed by atoms with E-state index in [4.69, 9.17) is 10.7 Å². The first-order chi connectivity index (χ1) is 4.91. The summed E-state index contributed by atoms with van der Waals surface area (Å²) >= 11 is 3.38. The summed E-state index contributed by atoms with van der Waals surface area (Å²) in [6, 6.07) is 1.58. The molecule has 1 rings (SSSR count). The molecule has 0 bridgehead atoms. The van der Waals surface area contributed by atoms with E-state index in [1.807, 2.05) is 30.4 Å². The third-order valence-electron chi connectivity index (χ3n) is 1.04. The average molecular weight is 320 g/mol. The van der Waals surface area contributed by atoms with Gasteiger partial charge < -0.3 is 0 Å². The smallest absolute Gasteiger partial charge is 0.207 e. The molecule has 0 aliphatic carbocycles. The van der Waals surface area contributed by atoms with Crippen molar-refractivity contribution < 1.29 is 8.42 Å². The predicted molar refractivity (Wildman–Crippen MR) is 58.3 cm³/mol. The molecule has 1 aromatic rings. The Kier molecular flexibility index (Phi) is 2.89. The van der Waals surface area contributed by atoms with Gasteiger partial charge >= 0.3 is 0 Å². The minimum atomic E-state index is -3.54. The van der Waals surface area contributed by atoms with E-state index in [1.54, 1.807) is 6.07 Å². The zero-order valence-electron chi connectivity index (χ0n) is 5.47. The van der Waals surface area contributed by atoms with Gasteiger partial charge in [0.1, 0.15) is 4.90 Å². The van der Waals surface area contributed by atoms with Crippen molar-refractivity contribution in [3.8, 4) is 0 Å². The number of rotatable bonds is 1. The van der Waals surface area contributed by atoms with Crippen molar-refractivity contribution in [2.45, 2.75) is 4.90 Å². The van der Waals surface area contributed by atoms with Crippen molar-refractivity contribution in [1.82, 2.24) is 0 Å². The van der Waals surface area contributed by atoms with E-state index < -0.39 is 9.05 Å². The summed E-state index contributed by atoms with van der Waals surface area (Å²) < 4.78 is 23.3. The second-order valence-electron chi connectivity index (χ2n) is 1.93. The molecule has 0 aromatic carbocycles. The van der Waals surface area contributed by atoms with Crippen LogP contribution in [0.15, 0.2) is 11.0 Å². The highest BCUT2D eigenvalue weighted by Crippen LogP contribution is 2.24.